The van der Waals surface area contributed by atoms with Crippen LogP contribution in [0.2, 0.25) is 0 Å². The second kappa shape index (κ2) is 22.8. The van der Waals surface area contributed by atoms with Crippen molar-refractivity contribution >= 4 is 150 Å². The Kier molecular flexibility index (Phi) is 12.8. The normalized spacial score (nSPS) is 12.0. The maximum Gasteiger partial charge on any atom is 0.160 e. The van der Waals surface area contributed by atoms with Crippen LogP contribution in [0.5, 0.6) is 0 Å². The lowest BCUT2D eigenvalue weighted by atomic mass is 10.0. The fourth-order valence-corrected chi connectivity index (χ4v) is 18.7. The standard InChI is InChI=1S/C95H55N7S2/c96-56-57-27-29-58(30-28-57)81-55-82(63-35-43-91-77(51-63)79-53-67(37-45-93(79)103-91)101-85-25-13-9-21-71(85)75-49-61(33-41-89(75)101)59-31-39-87-73(47-59)69-19-7-11-23-83(69)99(87)65-15-3-1-4-16-65)98-95(97-81)64-36-44-92-78(52-64)80-54-68(38-46-94(80)104-92)102-86-26-14-10-22-72(86)76-50-62(34-42-90(76)102)60-32-40-88-74(48-60)70-20-8-12-24-84(70)100(88)66-17-5-2-6-18-66/h1-55H. The Morgan fingerprint density at radius 1 is 0.221 bits per heavy atom. The number of hydrogen-bond donors (Lipinski definition) is 0. The lowest BCUT2D eigenvalue weighted by molar-refractivity contribution is 1.18. The van der Waals surface area contributed by atoms with E-state index in [9.17, 15) is 5.26 Å². The molecule has 0 aliphatic rings. The minimum Gasteiger partial charge on any atom is -0.309 e. The van der Waals surface area contributed by atoms with Crippen molar-refractivity contribution in [1.82, 2.24) is 28.2 Å². The summed E-state index contributed by atoms with van der Waals surface area (Å²) in [6.45, 7) is 0. The van der Waals surface area contributed by atoms with Crippen LogP contribution < -0.4 is 0 Å². The summed E-state index contributed by atoms with van der Waals surface area (Å²) in [5.74, 6) is 0.627. The Bertz CT molecular complexity index is 7010. The lowest BCUT2D eigenvalue weighted by Crippen LogP contribution is -1.96. The number of aromatic nitrogens is 6. The third kappa shape index (κ3) is 8.99. The first-order valence-corrected chi connectivity index (χ1v) is 36.7. The first kappa shape index (κ1) is 58.3. The summed E-state index contributed by atoms with van der Waals surface area (Å²) in [6, 6.07) is 124. The molecule has 15 aromatic carbocycles. The van der Waals surface area contributed by atoms with Gasteiger partial charge in [0.2, 0.25) is 0 Å². The fraction of sp³-hybridized carbons (Fsp3) is 0. The molecule has 0 aliphatic heterocycles. The van der Waals surface area contributed by atoms with Crippen molar-refractivity contribution in [2.75, 3.05) is 0 Å². The topological polar surface area (TPSA) is 69.3 Å². The first-order valence-electron chi connectivity index (χ1n) is 35.1. The first-order chi connectivity index (χ1) is 51.5. The number of nitrogens with zero attached hydrogens (tertiary/aromatic N) is 7. The van der Waals surface area contributed by atoms with Crippen LogP contribution in [-0.4, -0.2) is 28.2 Å². The average molecular weight is 1360 g/mol. The number of para-hydroxylation sites is 6. The van der Waals surface area contributed by atoms with Crippen molar-refractivity contribution in [3.05, 3.63) is 339 Å². The van der Waals surface area contributed by atoms with E-state index in [4.69, 9.17) is 9.97 Å². The van der Waals surface area contributed by atoms with Gasteiger partial charge in [0.15, 0.2) is 5.82 Å². The SMILES string of the molecule is N#Cc1ccc(-c2cc(-c3ccc4sc5ccc(-n6c7ccccc7c7cc(-c8ccc9c(c8)c8ccccc8n9-c8ccccc8)ccc76)cc5c4c3)nc(-c3ccc4sc5ccc(-n6c7ccccc7c7cc(-c8ccc9c(c8)c8ccccc8n9-c8ccccc8)ccc76)cc5c4c3)n2)cc1. The lowest BCUT2D eigenvalue weighted by Gasteiger charge is -2.11. The quantitative estimate of drug-likeness (QED) is 0.145. The predicted octanol–water partition coefficient (Wildman–Crippen LogP) is 25.8. The van der Waals surface area contributed by atoms with Gasteiger partial charge in [-0.05, 0) is 204 Å². The maximum absolute atomic E-state index is 9.88. The van der Waals surface area contributed by atoms with Crippen LogP contribution in [0.15, 0.2) is 334 Å². The van der Waals surface area contributed by atoms with E-state index < -0.39 is 0 Å². The number of nitriles is 1. The van der Waals surface area contributed by atoms with Gasteiger partial charge in [-0.3, -0.25) is 0 Å². The summed E-state index contributed by atoms with van der Waals surface area (Å²) in [4.78, 5) is 10.9. The van der Waals surface area contributed by atoms with E-state index in [1.807, 2.05) is 46.9 Å². The smallest absolute Gasteiger partial charge is 0.160 e. The number of benzene rings is 15. The molecule has 7 nitrogen and oxygen atoms in total. The molecule has 0 atom stereocenters. The average Bonchev–Trinajstić information content (AvgIpc) is 1.58. The molecule has 0 spiro atoms. The second-order valence-corrected chi connectivity index (χ2v) is 29.3. The zero-order valence-corrected chi connectivity index (χ0v) is 57.3. The highest BCUT2D eigenvalue weighted by molar-refractivity contribution is 7.26. The third-order valence-corrected chi connectivity index (χ3v) is 23.7. The van der Waals surface area contributed by atoms with Crippen molar-refractivity contribution in [3.63, 3.8) is 0 Å². The fourth-order valence-electron chi connectivity index (χ4n) is 16.6. The van der Waals surface area contributed by atoms with Crippen LogP contribution in [-0.2, 0) is 0 Å². The molecule has 0 amide bonds. The molecule has 22 rings (SSSR count). The molecule has 9 heteroatoms. The molecule has 7 heterocycles. The van der Waals surface area contributed by atoms with E-state index in [0.29, 0.717) is 11.4 Å². The molecule has 0 unspecified atom stereocenters. The third-order valence-electron chi connectivity index (χ3n) is 21.4. The monoisotopic (exact) mass is 1360 g/mol. The molecule has 0 radical (unpaired) electrons. The molecular weight excluding hydrogens is 1300 g/mol. The van der Waals surface area contributed by atoms with Gasteiger partial charge in [0.25, 0.3) is 0 Å². The van der Waals surface area contributed by atoms with Gasteiger partial charge in [0.05, 0.1) is 67.2 Å². The van der Waals surface area contributed by atoms with E-state index in [0.717, 1.165) is 78.3 Å². The van der Waals surface area contributed by atoms with Crippen LogP contribution in [0.4, 0.5) is 0 Å². The Labute approximate surface area is 603 Å². The Balaban J connectivity index is 0.632. The van der Waals surface area contributed by atoms with Gasteiger partial charge in [0, 0.05) is 123 Å². The summed E-state index contributed by atoms with van der Waals surface area (Å²) in [6.07, 6.45) is 0. The molecule has 7 aromatic heterocycles. The minimum absolute atomic E-state index is 0.596. The number of hydrogen-bond acceptors (Lipinski definition) is 5. The van der Waals surface area contributed by atoms with E-state index >= 15 is 0 Å². The highest BCUT2D eigenvalue weighted by Crippen LogP contribution is 2.46. The van der Waals surface area contributed by atoms with E-state index in [1.54, 1.807) is 0 Å². The Morgan fingerprint density at radius 3 is 0.923 bits per heavy atom. The van der Waals surface area contributed by atoms with Crippen molar-refractivity contribution in [1.29, 1.82) is 5.26 Å². The number of fused-ring (bicyclic) bond motifs is 18. The molecule has 482 valence electrons. The van der Waals surface area contributed by atoms with Gasteiger partial charge in [-0.1, -0.05) is 152 Å². The number of thiophene rings is 2. The summed E-state index contributed by atoms with van der Waals surface area (Å²) < 4.78 is 14.4. The van der Waals surface area contributed by atoms with Crippen molar-refractivity contribution in [2.45, 2.75) is 0 Å². The van der Waals surface area contributed by atoms with Crippen LogP contribution in [0, 0.1) is 11.3 Å². The summed E-state index contributed by atoms with van der Waals surface area (Å²) in [7, 11) is 0. The molecule has 0 saturated heterocycles. The van der Waals surface area contributed by atoms with Gasteiger partial charge in [-0.15, -0.1) is 22.7 Å². The summed E-state index contributed by atoms with van der Waals surface area (Å²) >= 11 is 3.62. The molecule has 0 aliphatic carbocycles. The van der Waals surface area contributed by atoms with Gasteiger partial charge < -0.3 is 18.3 Å². The highest BCUT2D eigenvalue weighted by atomic mass is 32.1. The zero-order valence-electron chi connectivity index (χ0n) is 55.7. The second-order valence-electron chi connectivity index (χ2n) is 27.1. The number of rotatable bonds is 9. The molecule has 0 saturated carbocycles. The van der Waals surface area contributed by atoms with Crippen molar-refractivity contribution in [3.8, 4) is 85.0 Å². The Hall–Kier alpha value is -13.5. The predicted molar refractivity (Wildman–Crippen MR) is 437 cm³/mol. The van der Waals surface area contributed by atoms with Gasteiger partial charge in [-0.25, -0.2) is 9.97 Å². The maximum atomic E-state index is 9.88. The summed E-state index contributed by atoms with van der Waals surface area (Å²) in [5.41, 5.74) is 23.6. The van der Waals surface area contributed by atoms with E-state index in [2.05, 4.69) is 334 Å². The molecule has 104 heavy (non-hydrogen) atoms. The zero-order chi connectivity index (χ0) is 68.3. The highest BCUT2D eigenvalue weighted by Gasteiger charge is 2.22. The van der Waals surface area contributed by atoms with Crippen LogP contribution in [0.1, 0.15) is 5.56 Å². The van der Waals surface area contributed by atoms with Crippen molar-refractivity contribution < 1.29 is 0 Å². The molecule has 0 N–H and O–H groups in total. The van der Waals surface area contributed by atoms with Gasteiger partial charge in [0.1, 0.15) is 0 Å². The molecule has 22 aromatic rings. The van der Waals surface area contributed by atoms with Crippen molar-refractivity contribution in [2.24, 2.45) is 0 Å². The summed E-state index contributed by atoms with van der Waals surface area (Å²) in [5, 5.41) is 24.3. The van der Waals surface area contributed by atoms with Gasteiger partial charge >= 0.3 is 0 Å². The molecule has 0 bridgehead atoms. The minimum atomic E-state index is 0.596. The Morgan fingerprint density at radius 2 is 0.519 bits per heavy atom. The van der Waals surface area contributed by atoms with Crippen LogP contribution in [0.3, 0.4) is 0 Å². The van der Waals surface area contributed by atoms with Gasteiger partial charge in [-0.2, -0.15) is 5.26 Å². The van der Waals surface area contributed by atoms with E-state index in [-0.39, 0.29) is 0 Å². The molecular formula is C95H55N7S2. The van der Waals surface area contributed by atoms with Crippen LogP contribution >= 0.6 is 22.7 Å². The van der Waals surface area contributed by atoms with E-state index in [1.165, 1.54) is 122 Å². The van der Waals surface area contributed by atoms with Crippen LogP contribution in [0.25, 0.3) is 206 Å². The largest absolute Gasteiger partial charge is 0.309 e. The molecule has 0 fully saturated rings.